The van der Waals surface area contributed by atoms with Crippen LogP contribution in [0.2, 0.25) is 0 Å². The molecule has 142 valence electrons. The Labute approximate surface area is 155 Å². The van der Waals surface area contributed by atoms with Crippen molar-refractivity contribution in [3.05, 3.63) is 23.0 Å². The molecule has 0 atom stereocenters. The van der Waals surface area contributed by atoms with Gasteiger partial charge in [0.25, 0.3) is 5.91 Å². The van der Waals surface area contributed by atoms with E-state index in [1.165, 1.54) is 18.5 Å². The van der Waals surface area contributed by atoms with Crippen molar-refractivity contribution in [2.75, 3.05) is 45.8 Å². The third kappa shape index (κ3) is 3.39. The highest BCUT2D eigenvalue weighted by molar-refractivity contribution is 5.95. The second-order valence-electron chi connectivity index (χ2n) is 8.04. The van der Waals surface area contributed by atoms with E-state index in [-0.39, 0.29) is 11.8 Å². The quantitative estimate of drug-likeness (QED) is 0.825. The Morgan fingerprint density at radius 1 is 0.962 bits per heavy atom. The highest BCUT2D eigenvalue weighted by Crippen LogP contribution is 2.38. The first-order chi connectivity index (χ1) is 12.5. The van der Waals surface area contributed by atoms with Gasteiger partial charge in [0.2, 0.25) is 5.91 Å². The number of nitrogens with zero attached hydrogens (tertiary/aromatic N) is 4. The molecule has 1 aromatic heterocycles. The molecule has 6 heteroatoms. The maximum atomic E-state index is 13.0. The highest BCUT2D eigenvalue weighted by atomic mass is 16.2. The molecule has 1 aromatic rings. The summed E-state index contributed by atoms with van der Waals surface area (Å²) >= 11 is 0. The van der Waals surface area contributed by atoms with Gasteiger partial charge in [-0.25, -0.2) is 0 Å². The van der Waals surface area contributed by atoms with E-state index in [0.29, 0.717) is 25.7 Å². The third-order valence-corrected chi connectivity index (χ3v) is 6.10. The van der Waals surface area contributed by atoms with Crippen molar-refractivity contribution < 1.29 is 9.59 Å². The molecule has 1 aliphatic carbocycles. The number of carbonyl (C=O) groups excluding carboxylic acids is 2. The standard InChI is InChI=1S/C20H30N4O2/c1-15-13-18(16(2)24(15)17-5-6-17)20(26)23-11-9-21(10-12-23)14-19(25)22-7-3-4-8-22/h13,17H,3-12,14H2,1-2H3. The van der Waals surface area contributed by atoms with E-state index < -0.39 is 0 Å². The number of amides is 2. The molecule has 2 amide bonds. The summed E-state index contributed by atoms with van der Waals surface area (Å²) < 4.78 is 2.33. The monoisotopic (exact) mass is 358 g/mol. The molecule has 26 heavy (non-hydrogen) atoms. The van der Waals surface area contributed by atoms with Crippen LogP contribution >= 0.6 is 0 Å². The van der Waals surface area contributed by atoms with Crippen molar-refractivity contribution >= 4 is 11.8 Å². The molecular formula is C20H30N4O2. The lowest BCUT2D eigenvalue weighted by molar-refractivity contribution is -0.131. The summed E-state index contributed by atoms with van der Waals surface area (Å²) in [6, 6.07) is 2.66. The zero-order valence-electron chi connectivity index (χ0n) is 16.0. The predicted octanol–water partition coefficient (Wildman–Crippen LogP) is 1.82. The Bertz CT molecular complexity index is 693. The minimum Gasteiger partial charge on any atom is -0.345 e. The van der Waals surface area contributed by atoms with Crippen molar-refractivity contribution in [1.82, 2.24) is 19.3 Å². The summed E-state index contributed by atoms with van der Waals surface area (Å²) in [7, 11) is 0. The van der Waals surface area contributed by atoms with E-state index in [2.05, 4.69) is 29.4 Å². The normalized spacial score (nSPS) is 21.5. The average Bonchev–Trinajstić information content (AvgIpc) is 3.20. The summed E-state index contributed by atoms with van der Waals surface area (Å²) in [6.45, 7) is 9.48. The van der Waals surface area contributed by atoms with Gasteiger partial charge in [0, 0.05) is 56.7 Å². The largest absolute Gasteiger partial charge is 0.345 e. The Morgan fingerprint density at radius 3 is 2.23 bits per heavy atom. The van der Waals surface area contributed by atoms with Gasteiger partial charge in [-0.15, -0.1) is 0 Å². The number of piperazine rings is 1. The Kier molecular flexibility index (Phi) is 4.78. The van der Waals surface area contributed by atoms with Gasteiger partial charge in [-0.3, -0.25) is 14.5 Å². The molecule has 6 nitrogen and oxygen atoms in total. The van der Waals surface area contributed by atoms with Gasteiger partial charge in [0.1, 0.15) is 0 Å². The van der Waals surface area contributed by atoms with Crippen molar-refractivity contribution in [2.45, 2.75) is 45.6 Å². The SMILES string of the molecule is Cc1cc(C(=O)N2CCN(CC(=O)N3CCCC3)CC2)c(C)n1C1CC1. The molecular weight excluding hydrogens is 328 g/mol. The van der Waals surface area contributed by atoms with E-state index in [1.54, 1.807) is 0 Å². The molecule has 3 fully saturated rings. The van der Waals surface area contributed by atoms with Gasteiger partial charge < -0.3 is 14.4 Å². The lowest BCUT2D eigenvalue weighted by Crippen LogP contribution is -2.51. The smallest absolute Gasteiger partial charge is 0.255 e. The van der Waals surface area contributed by atoms with Crippen LogP contribution in [0.4, 0.5) is 0 Å². The average molecular weight is 358 g/mol. The summed E-state index contributed by atoms with van der Waals surface area (Å²) in [6.07, 6.45) is 4.72. The van der Waals surface area contributed by atoms with E-state index in [9.17, 15) is 9.59 Å². The maximum absolute atomic E-state index is 13.0. The molecule has 0 N–H and O–H groups in total. The molecule has 3 heterocycles. The Morgan fingerprint density at radius 2 is 1.62 bits per heavy atom. The zero-order valence-corrected chi connectivity index (χ0v) is 16.0. The number of aryl methyl sites for hydroxylation is 1. The first-order valence-electron chi connectivity index (χ1n) is 10.0. The number of hydrogen-bond acceptors (Lipinski definition) is 3. The summed E-state index contributed by atoms with van der Waals surface area (Å²) in [5.41, 5.74) is 3.17. The number of hydrogen-bond donors (Lipinski definition) is 0. The lowest BCUT2D eigenvalue weighted by Gasteiger charge is -2.35. The zero-order chi connectivity index (χ0) is 18.3. The van der Waals surface area contributed by atoms with Crippen molar-refractivity contribution in [3.8, 4) is 0 Å². The second kappa shape index (κ2) is 7.06. The van der Waals surface area contributed by atoms with Crippen LogP contribution in [0.3, 0.4) is 0 Å². The molecule has 0 radical (unpaired) electrons. The Balaban J connectivity index is 1.33. The van der Waals surface area contributed by atoms with Crippen LogP contribution in [0.5, 0.6) is 0 Å². The number of likely N-dealkylation sites (tertiary alicyclic amines) is 1. The van der Waals surface area contributed by atoms with E-state index in [4.69, 9.17) is 0 Å². The highest BCUT2D eigenvalue weighted by Gasteiger charge is 2.31. The first-order valence-corrected chi connectivity index (χ1v) is 10.0. The minimum atomic E-state index is 0.149. The van der Waals surface area contributed by atoms with E-state index in [0.717, 1.165) is 50.3 Å². The van der Waals surface area contributed by atoms with Gasteiger partial charge in [0.15, 0.2) is 0 Å². The predicted molar refractivity (Wildman–Crippen MR) is 100 cm³/mol. The van der Waals surface area contributed by atoms with Gasteiger partial charge in [-0.2, -0.15) is 0 Å². The summed E-state index contributed by atoms with van der Waals surface area (Å²) in [4.78, 5) is 31.4. The fraction of sp³-hybridized carbons (Fsp3) is 0.700. The molecule has 2 aliphatic heterocycles. The molecule has 1 saturated carbocycles. The van der Waals surface area contributed by atoms with Gasteiger partial charge >= 0.3 is 0 Å². The van der Waals surface area contributed by atoms with Crippen LogP contribution in [-0.4, -0.2) is 76.9 Å². The molecule has 0 spiro atoms. The van der Waals surface area contributed by atoms with Crippen LogP contribution < -0.4 is 0 Å². The Hall–Kier alpha value is -1.82. The third-order valence-electron chi connectivity index (χ3n) is 6.10. The van der Waals surface area contributed by atoms with Crippen LogP contribution in [0, 0.1) is 13.8 Å². The fourth-order valence-corrected chi connectivity index (χ4v) is 4.43. The maximum Gasteiger partial charge on any atom is 0.255 e. The molecule has 0 bridgehead atoms. The molecule has 0 unspecified atom stereocenters. The minimum absolute atomic E-state index is 0.149. The second-order valence-corrected chi connectivity index (χ2v) is 8.04. The molecule has 4 rings (SSSR count). The van der Waals surface area contributed by atoms with Crippen molar-refractivity contribution in [3.63, 3.8) is 0 Å². The van der Waals surface area contributed by atoms with Crippen LogP contribution in [-0.2, 0) is 4.79 Å². The van der Waals surface area contributed by atoms with Crippen LogP contribution in [0.1, 0.15) is 53.5 Å². The van der Waals surface area contributed by atoms with Gasteiger partial charge in [-0.1, -0.05) is 0 Å². The van der Waals surface area contributed by atoms with Crippen molar-refractivity contribution in [2.24, 2.45) is 0 Å². The summed E-state index contributed by atoms with van der Waals surface area (Å²) in [5, 5.41) is 0. The number of rotatable bonds is 4. The topological polar surface area (TPSA) is 48.8 Å². The lowest BCUT2D eigenvalue weighted by atomic mass is 10.2. The van der Waals surface area contributed by atoms with E-state index in [1.807, 2.05) is 9.80 Å². The summed E-state index contributed by atoms with van der Waals surface area (Å²) in [5.74, 6) is 0.394. The molecule has 3 aliphatic rings. The number of aromatic nitrogens is 1. The van der Waals surface area contributed by atoms with Crippen molar-refractivity contribution in [1.29, 1.82) is 0 Å². The van der Waals surface area contributed by atoms with Crippen LogP contribution in [0.15, 0.2) is 6.07 Å². The van der Waals surface area contributed by atoms with Gasteiger partial charge in [-0.05, 0) is 45.6 Å². The molecule has 2 saturated heterocycles. The van der Waals surface area contributed by atoms with Gasteiger partial charge in [0.05, 0.1) is 12.1 Å². The van der Waals surface area contributed by atoms with E-state index >= 15 is 0 Å². The fourth-order valence-electron chi connectivity index (χ4n) is 4.43. The number of carbonyl (C=O) groups is 2. The van der Waals surface area contributed by atoms with Crippen LogP contribution in [0.25, 0.3) is 0 Å². The first kappa shape index (κ1) is 17.6. The molecule has 0 aromatic carbocycles.